The van der Waals surface area contributed by atoms with E-state index < -0.39 is 0 Å². The van der Waals surface area contributed by atoms with Crippen LogP contribution in [0.2, 0.25) is 0 Å². The second kappa shape index (κ2) is 5.91. The quantitative estimate of drug-likeness (QED) is 0.893. The van der Waals surface area contributed by atoms with Crippen molar-refractivity contribution >= 4 is 15.9 Å². The number of benzene rings is 1. The lowest BCUT2D eigenvalue weighted by Crippen LogP contribution is -2.34. The van der Waals surface area contributed by atoms with Gasteiger partial charge in [0.15, 0.2) is 11.5 Å². The van der Waals surface area contributed by atoms with Crippen LogP contribution in [0.4, 0.5) is 0 Å². The topological polar surface area (TPSA) is 58.7 Å². The molecule has 1 aromatic carbocycles. The average molecular weight is 315 g/mol. The van der Waals surface area contributed by atoms with Gasteiger partial charge in [0.05, 0.1) is 11.6 Å². The lowest BCUT2D eigenvalue weighted by atomic mass is 10.1. The zero-order chi connectivity index (χ0) is 13.1. The highest BCUT2D eigenvalue weighted by molar-refractivity contribution is 9.10. The molecular weight excluding hydrogens is 296 g/mol. The van der Waals surface area contributed by atoms with Crippen molar-refractivity contribution in [2.75, 3.05) is 20.2 Å². The van der Waals surface area contributed by atoms with E-state index in [1.165, 1.54) is 12.8 Å². The Balaban J connectivity index is 2.16. The molecule has 1 unspecified atom stereocenters. The van der Waals surface area contributed by atoms with Gasteiger partial charge in [-0.15, -0.1) is 0 Å². The zero-order valence-corrected chi connectivity index (χ0v) is 12.1. The first-order valence-corrected chi connectivity index (χ1v) is 6.94. The first kappa shape index (κ1) is 13.6. The van der Waals surface area contributed by atoms with Crippen LogP contribution in [-0.2, 0) is 6.54 Å². The lowest BCUT2D eigenvalue weighted by Gasteiger charge is -2.23. The molecule has 18 heavy (non-hydrogen) atoms. The standard InChI is InChI=1S/C13H19BrN2O2/c1-18-12-6-9(5-11(14)13(12)17)8-16-4-2-3-10(16)7-15/h5-6,10,17H,2-4,7-8,15H2,1H3. The molecule has 1 fully saturated rings. The Kier molecular flexibility index (Phi) is 4.48. The number of hydrogen-bond acceptors (Lipinski definition) is 4. The molecule has 0 aliphatic carbocycles. The van der Waals surface area contributed by atoms with Crippen molar-refractivity contribution in [3.05, 3.63) is 22.2 Å². The van der Waals surface area contributed by atoms with Crippen molar-refractivity contribution in [1.82, 2.24) is 4.90 Å². The maximum absolute atomic E-state index is 9.78. The van der Waals surface area contributed by atoms with E-state index in [9.17, 15) is 5.11 Å². The summed E-state index contributed by atoms with van der Waals surface area (Å²) in [5.74, 6) is 0.654. The van der Waals surface area contributed by atoms with Gasteiger partial charge in [-0.1, -0.05) is 0 Å². The number of phenolic OH excluding ortho intramolecular Hbond substituents is 1. The van der Waals surface area contributed by atoms with E-state index in [2.05, 4.69) is 20.8 Å². The number of aromatic hydroxyl groups is 1. The molecule has 1 heterocycles. The van der Waals surface area contributed by atoms with Crippen molar-refractivity contribution in [3.63, 3.8) is 0 Å². The molecule has 1 aliphatic rings. The Hall–Kier alpha value is -0.780. The molecule has 0 aromatic heterocycles. The van der Waals surface area contributed by atoms with Gasteiger partial charge in [-0.3, -0.25) is 4.90 Å². The minimum Gasteiger partial charge on any atom is -0.503 e. The molecule has 0 spiro atoms. The molecule has 4 nitrogen and oxygen atoms in total. The molecule has 1 saturated heterocycles. The van der Waals surface area contributed by atoms with E-state index in [1.54, 1.807) is 7.11 Å². The third-order valence-electron chi connectivity index (χ3n) is 3.46. The van der Waals surface area contributed by atoms with Crippen LogP contribution in [0.15, 0.2) is 16.6 Å². The third kappa shape index (κ3) is 2.79. The summed E-state index contributed by atoms with van der Waals surface area (Å²) in [6.45, 7) is 2.64. The van der Waals surface area contributed by atoms with Crippen molar-refractivity contribution in [2.24, 2.45) is 5.73 Å². The Morgan fingerprint density at radius 1 is 1.56 bits per heavy atom. The third-order valence-corrected chi connectivity index (χ3v) is 4.07. The van der Waals surface area contributed by atoms with Gasteiger partial charge in [-0.05, 0) is 53.0 Å². The minimum atomic E-state index is 0.151. The normalized spacial score (nSPS) is 20.3. The van der Waals surface area contributed by atoms with Gasteiger partial charge in [-0.25, -0.2) is 0 Å². The molecule has 3 N–H and O–H groups in total. The van der Waals surface area contributed by atoms with Crippen LogP contribution >= 0.6 is 15.9 Å². The molecule has 0 radical (unpaired) electrons. The van der Waals surface area contributed by atoms with Crippen LogP contribution in [0.25, 0.3) is 0 Å². The summed E-state index contributed by atoms with van der Waals surface area (Å²) < 4.78 is 5.83. The fourth-order valence-electron chi connectivity index (χ4n) is 2.48. The van der Waals surface area contributed by atoms with E-state index in [0.29, 0.717) is 22.8 Å². The van der Waals surface area contributed by atoms with E-state index in [-0.39, 0.29) is 5.75 Å². The van der Waals surface area contributed by atoms with Gasteiger partial charge >= 0.3 is 0 Å². The second-order valence-corrected chi connectivity index (χ2v) is 5.49. The van der Waals surface area contributed by atoms with Crippen LogP contribution < -0.4 is 10.5 Å². The minimum absolute atomic E-state index is 0.151. The number of phenols is 1. The van der Waals surface area contributed by atoms with Gasteiger partial charge in [0.1, 0.15) is 0 Å². The van der Waals surface area contributed by atoms with Crippen LogP contribution in [0.3, 0.4) is 0 Å². The highest BCUT2D eigenvalue weighted by Gasteiger charge is 2.23. The molecule has 2 rings (SSSR count). The van der Waals surface area contributed by atoms with E-state index in [4.69, 9.17) is 10.5 Å². The predicted molar refractivity (Wildman–Crippen MR) is 74.8 cm³/mol. The summed E-state index contributed by atoms with van der Waals surface area (Å²) in [6, 6.07) is 4.29. The van der Waals surface area contributed by atoms with E-state index in [1.807, 2.05) is 12.1 Å². The summed E-state index contributed by atoms with van der Waals surface area (Å²) in [4.78, 5) is 2.39. The molecule has 0 bridgehead atoms. The smallest absolute Gasteiger partial charge is 0.172 e. The van der Waals surface area contributed by atoms with Gasteiger partial charge < -0.3 is 15.6 Å². The number of hydrogen-bond donors (Lipinski definition) is 2. The Morgan fingerprint density at radius 3 is 3.00 bits per heavy atom. The maximum Gasteiger partial charge on any atom is 0.172 e. The van der Waals surface area contributed by atoms with Crippen LogP contribution in [0.1, 0.15) is 18.4 Å². The fourth-order valence-corrected chi connectivity index (χ4v) is 2.97. The van der Waals surface area contributed by atoms with Crippen LogP contribution in [-0.4, -0.2) is 36.2 Å². The average Bonchev–Trinajstić information content (AvgIpc) is 2.80. The Bertz CT molecular complexity index is 426. The predicted octanol–water partition coefficient (Wildman–Crippen LogP) is 2.09. The van der Waals surface area contributed by atoms with E-state index in [0.717, 1.165) is 18.7 Å². The first-order valence-electron chi connectivity index (χ1n) is 6.15. The zero-order valence-electron chi connectivity index (χ0n) is 10.5. The lowest BCUT2D eigenvalue weighted by molar-refractivity contribution is 0.249. The number of methoxy groups -OCH3 is 1. The summed E-state index contributed by atoms with van der Waals surface area (Å²) in [6.07, 6.45) is 2.38. The van der Waals surface area contributed by atoms with Crippen molar-refractivity contribution < 1.29 is 9.84 Å². The highest BCUT2D eigenvalue weighted by Crippen LogP contribution is 2.36. The Morgan fingerprint density at radius 2 is 2.33 bits per heavy atom. The SMILES string of the molecule is COc1cc(CN2CCCC2CN)cc(Br)c1O. The van der Waals surface area contributed by atoms with Crippen molar-refractivity contribution in [2.45, 2.75) is 25.4 Å². The molecule has 5 heteroatoms. The number of nitrogens with zero attached hydrogens (tertiary/aromatic N) is 1. The molecule has 1 atom stereocenters. The summed E-state index contributed by atoms with van der Waals surface area (Å²) >= 11 is 3.35. The maximum atomic E-state index is 9.78. The molecule has 0 saturated carbocycles. The van der Waals surface area contributed by atoms with Gasteiger partial charge in [-0.2, -0.15) is 0 Å². The largest absolute Gasteiger partial charge is 0.503 e. The van der Waals surface area contributed by atoms with Gasteiger partial charge in [0, 0.05) is 19.1 Å². The highest BCUT2D eigenvalue weighted by atomic mass is 79.9. The van der Waals surface area contributed by atoms with Crippen LogP contribution in [0, 0.1) is 0 Å². The number of halogens is 1. The van der Waals surface area contributed by atoms with E-state index >= 15 is 0 Å². The molecule has 1 aliphatic heterocycles. The fraction of sp³-hybridized carbons (Fsp3) is 0.538. The first-order chi connectivity index (χ1) is 8.65. The monoisotopic (exact) mass is 314 g/mol. The van der Waals surface area contributed by atoms with Crippen molar-refractivity contribution in [3.8, 4) is 11.5 Å². The summed E-state index contributed by atoms with van der Waals surface area (Å²) in [7, 11) is 1.56. The number of likely N-dealkylation sites (tertiary alicyclic amines) is 1. The molecule has 1 aromatic rings. The molecular formula is C13H19BrN2O2. The molecule has 100 valence electrons. The number of rotatable bonds is 4. The van der Waals surface area contributed by atoms with Gasteiger partial charge in [0.2, 0.25) is 0 Å². The second-order valence-electron chi connectivity index (χ2n) is 4.63. The number of ether oxygens (including phenoxy) is 1. The van der Waals surface area contributed by atoms with Crippen molar-refractivity contribution in [1.29, 1.82) is 0 Å². The number of nitrogens with two attached hydrogens (primary N) is 1. The molecule has 0 amide bonds. The Labute approximate surface area is 116 Å². The summed E-state index contributed by atoms with van der Waals surface area (Å²) in [5.41, 5.74) is 6.89. The van der Waals surface area contributed by atoms with Gasteiger partial charge in [0.25, 0.3) is 0 Å². The summed E-state index contributed by atoms with van der Waals surface area (Å²) in [5, 5.41) is 9.78. The van der Waals surface area contributed by atoms with Crippen LogP contribution in [0.5, 0.6) is 11.5 Å².